The number of carbonyl (C=O) groups excluding carboxylic acids is 1. The van der Waals surface area contributed by atoms with Crippen LogP contribution in [0.1, 0.15) is 15.9 Å². The second kappa shape index (κ2) is 7.35. The van der Waals surface area contributed by atoms with E-state index in [1.807, 2.05) is 19.1 Å². The lowest BCUT2D eigenvalue weighted by Crippen LogP contribution is -2.40. The summed E-state index contributed by atoms with van der Waals surface area (Å²) in [6.45, 7) is 3.40. The van der Waals surface area contributed by atoms with Gasteiger partial charge in [0.05, 0.1) is 23.7 Å². The minimum absolute atomic E-state index is 0.171. The van der Waals surface area contributed by atoms with Gasteiger partial charge in [0.1, 0.15) is 5.75 Å². The van der Waals surface area contributed by atoms with Gasteiger partial charge in [-0.25, -0.2) is 13.2 Å². The summed E-state index contributed by atoms with van der Waals surface area (Å²) in [7, 11) is -3.55. The highest BCUT2D eigenvalue weighted by Crippen LogP contribution is 2.21. The van der Waals surface area contributed by atoms with Crippen molar-refractivity contribution in [3.8, 4) is 5.75 Å². The van der Waals surface area contributed by atoms with Crippen molar-refractivity contribution in [1.82, 2.24) is 4.31 Å². The first kappa shape index (κ1) is 17.6. The summed E-state index contributed by atoms with van der Waals surface area (Å²) < 4.78 is 36.9. The zero-order valence-electron chi connectivity index (χ0n) is 13.8. The molecule has 6 nitrogen and oxygen atoms in total. The van der Waals surface area contributed by atoms with Crippen LogP contribution in [0.15, 0.2) is 53.4 Å². The third kappa shape index (κ3) is 4.07. The third-order valence-corrected chi connectivity index (χ3v) is 5.84. The van der Waals surface area contributed by atoms with E-state index < -0.39 is 16.0 Å². The zero-order chi connectivity index (χ0) is 17.9. The number of nitrogens with zero attached hydrogens (tertiary/aromatic N) is 1. The molecule has 1 heterocycles. The molecule has 0 atom stereocenters. The zero-order valence-corrected chi connectivity index (χ0v) is 14.7. The molecule has 1 saturated heterocycles. The molecule has 1 fully saturated rings. The van der Waals surface area contributed by atoms with E-state index in [1.54, 1.807) is 12.1 Å². The lowest BCUT2D eigenvalue weighted by atomic mass is 10.1. The largest absolute Gasteiger partial charge is 0.423 e. The predicted octanol–water partition coefficient (Wildman–Crippen LogP) is 2.24. The van der Waals surface area contributed by atoms with Crippen molar-refractivity contribution in [2.24, 2.45) is 0 Å². The van der Waals surface area contributed by atoms with Gasteiger partial charge >= 0.3 is 5.97 Å². The molecule has 7 heteroatoms. The van der Waals surface area contributed by atoms with Crippen molar-refractivity contribution in [2.45, 2.75) is 11.8 Å². The molecule has 0 saturated carbocycles. The lowest BCUT2D eigenvalue weighted by molar-refractivity contribution is 0.0728. The average Bonchev–Trinajstić information content (AvgIpc) is 2.63. The molecule has 25 heavy (non-hydrogen) atoms. The average molecular weight is 361 g/mol. The number of carbonyl (C=O) groups is 1. The van der Waals surface area contributed by atoms with Crippen LogP contribution in [-0.2, 0) is 14.8 Å². The van der Waals surface area contributed by atoms with Crippen molar-refractivity contribution < 1.29 is 22.7 Å². The van der Waals surface area contributed by atoms with E-state index in [0.29, 0.717) is 37.6 Å². The van der Waals surface area contributed by atoms with Crippen molar-refractivity contribution >= 4 is 16.0 Å². The highest BCUT2D eigenvalue weighted by Gasteiger charge is 2.26. The molecule has 0 bridgehead atoms. The number of ether oxygens (including phenoxy) is 2. The van der Waals surface area contributed by atoms with E-state index in [2.05, 4.69) is 0 Å². The lowest BCUT2D eigenvalue weighted by Gasteiger charge is -2.26. The quantitative estimate of drug-likeness (QED) is 0.617. The molecular formula is C18H19NO5S. The van der Waals surface area contributed by atoms with Gasteiger partial charge in [0.15, 0.2) is 0 Å². The van der Waals surface area contributed by atoms with Crippen LogP contribution in [0.4, 0.5) is 0 Å². The van der Waals surface area contributed by atoms with Gasteiger partial charge in [-0.2, -0.15) is 4.31 Å². The second-order valence-electron chi connectivity index (χ2n) is 5.74. The Morgan fingerprint density at radius 1 is 1.00 bits per heavy atom. The molecule has 0 spiro atoms. The van der Waals surface area contributed by atoms with E-state index in [4.69, 9.17) is 9.47 Å². The maximum atomic E-state index is 12.5. The van der Waals surface area contributed by atoms with E-state index >= 15 is 0 Å². The van der Waals surface area contributed by atoms with Gasteiger partial charge in [-0.15, -0.1) is 0 Å². The standard InChI is InChI=1S/C18H19NO5S/c1-14-2-4-15(5-3-14)18(20)24-16-6-8-17(9-7-16)25(21,22)19-10-12-23-13-11-19/h2-9H,10-13H2,1H3. The third-order valence-electron chi connectivity index (χ3n) is 3.93. The minimum Gasteiger partial charge on any atom is -0.423 e. The summed E-state index contributed by atoms with van der Waals surface area (Å²) in [6.07, 6.45) is 0. The number of benzene rings is 2. The number of rotatable bonds is 4. The Kier molecular flexibility index (Phi) is 5.17. The fourth-order valence-electron chi connectivity index (χ4n) is 2.47. The highest BCUT2D eigenvalue weighted by molar-refractivity contribution is 7.89. The molecule has 2 aromatic rings. The van der Waals surface area contributed by atoms with Crippen LogP contribution >= 0.6 is 0 Å². The summed E-state index contributed by atoms with van der Waals surface area (Å²) in [4.78, 5) is 12.3. The van der Waals surface area contributed by atoms with E-state index in [0.717, 1.165) is 5.56 Å². The highest BCUT2D eigenvalue weighted by atomic mass is 32.2. The van der Waals surface area contributed by atoms with Gasteiger partial charge in [0.25, 0.3) is 0 Å². The first-order valence-corrected chi connectivity index (χ1v) is 9.38. The molecule has 2 aromatic carbocycles. The normalized spacial score (nSPS) is 15.7. The van der Waals surface area contributed by atoms with Gasteiger partial charge in [-0.05, 0) is 43.3 Å². The Morgan fingerprint density at radius 2 is 1.60 bits per heavy atom. The van der Waals surface area contributed by atoms with Crippen molar-refractivity contribution in [3.05, 3.63) is 59.7 Å². The van der Waals surface area contributed by atoms with Crippen LogP contribution in [-0.4, -0.2) is 45.0 Å². The van der Waals surface area contributed by atoms with E-state index in [9.17, 15) is 13.2 Å². The topological polar surface area (TPSA) is 72.9 Å². The number of morpholine rings is 1. The van der Waals surface area contributed by atoms with Crippen LogP contribution in [0, 0.1) is 6.92 Å². The first-order valence-electron chi connectivity index (χ1n) is 7.93. The molecule has 0 N–H and O–H groups in total. The fourth-order valence-corrected chi connectivity index (χ4v) is 3.88. The van der Waals surface area contributed by atoms with Gasteiger partial charge in [0, 0.05) is 13.1 Å². The van der Waals surface area contributed by atoms with Gasteiger partial charge in [-0.3, -0.25) is 0 Å². The molecular weight excluding hydrogens is 342 g/mol. The monoisotopic (exact) mass is 361 g/mol. The van der Waals surface area contributed by atoms with Crippen LogP contribution < -0.4 is 4.74 Å². The Labute approximate surface area is 147 Å². The number of esters is 1. The van der Waals surface area contributed by atoms with Gasteiger partial charge in [-0.1, -0.05) is 17.7 Å². The SMILES string of the molecule is Cc1ccc(C(=O)Oc2ccc(S(=O)(=O)N3CCOCC3)cc2)cc1. The summed E-state index contributed by atoms with van der Waals surface area (Å²) in [5.41, 5.74) is 1.49. The Balaban J connectivity index is 1.71. The van der Waals surface area contributed by atoms with Crippen molar-refractivity contribution in [2.75, 3.05) is 26.3 Å². The van der Waals surface area contributed by atoms with Crippen molar-refractivity contribution in [1.29, 1.82) is 0 Å². The van der Waals surface area contributed by atoms with Crippen LogP contribution in [0.3, 0.4) is 0 Å². The van der Waals surface area contributed by atoms with E-state index in [-0.39, 0.29) is 4.90 Å². The Morgan fingerprint density at radius 3 is 2.20 bits per heavy atom. The molecule has 3 rings (SSSR count). The molecule has 0 unspecified atom stereocenters. The predicted molar refractivity (Wildman–Crippen MR) is 92.2 cm³/mol. The molecule has 0 amide bonds. The number of hydrogen-bond acceptors (Lipinski definition) is 5. The molecule has 1 aliphatic heterocycles. The second-order valence-corrected chi connectivity index (χ2v) is 7.68. The van der Waals surface area contributed by atoms with Crippen LogP contribution in [0.25, 0.3) is 0 Å². The summed E-state index contributed by atoms with van der Waals surface area (Å²) in [5, 5.41) is 0. The maximum absolute atomic E-state index is 12.5. The summed E-state index contributed by atoms with van der Waals surface area (Å²) >= 11 is 0. The maximum Gasteiger partial charge on any atom is 0.343 e. The van der Waals surface area contributed by atoms with Crippen LogP contribution in [0.5, 0.6) is 5.75 Å². The first-order chi connectivity index (χ1) is 12.0. The fraction of sp³-hybridized carbons (Fsp3) is 0.278. The molecule has 132 valence electrons. The molecule has 0 aliphatic carbocycles. The molecule has 0 aromatic heterocycles. The molecule has 1 aliphatic rings. The number of sulfonamides is 1. The Hall–Kier alpha value is -2.22. The smallest absolute Gasteiger partial charge is 0.343 e. The van der Waals surface area contributed by atoms with Gasteiger partial charge in [0.2, 0.25) is 10.0 Å². The summed E-state index contributed by atoms with van der Waals surface area (Å²) in [6, 6.07) is 12.9. The Bertz CT molecular complexity index is 838. The molecule has 0 radical (unpaired) electrons. The van der Waals surface area contributed by atoms with Gasteiger partial charge < -0.3 is 9.47 Å². The van der Waals surface area contributed by atoms with Crippen LogP contribution in [0.2, 0.25) is 0 Å². The summed E-state index contributed by atoms with van der Waals surface area (Å²) in [5.74, 6) is -0.185. The minimum atomic E-state index is -3.55. The van der Waals surface area contributed by atoms with E-state index in [1.165, 1.54) is 28.6 Å². The number of hydrogen-bond donors (Lipinski definition) is 0. The van der Waals surface area contributed by atoms with Crippen molar-refractivity contribution in [3.63, 3.8) is 0 Å². The number of aryl methyl sites for hydroxylation is 1.